The Kier molecular flexibility index (Phi) is 4.15. The highest BCUT2D eigenvalue weighted by molar-refractivity contribution is 5.99. The normalized spacial score (nSPS) is 10.2. The minimum Gasteiger partial charge on any atom is -0.382 e. The Morgan fingerprint density at radius 2 is 1.71 bits per heavy atom. The van der Waals surface area contributed by atoms with Crippen LogP contribution in [0.1, 0.15) is 21.0 Å². The summed E-state index contributed by atoms with van der Waals surface area (Å²) in [6.45, 7) is 0. The maximum atomic E-state index is 12.0. The highest BCUT2D eigenvalue weighted by Gasteiger charge is 2.16. The van der Waals surface area contributed by atoms with Crippen molar-refractivity contribution in [2.24, 2.45) is 0 Å². The molecule has 24 heavy (non-hydrogen) atoms. The third-order valence-corrected chi connectivity index (χ3v) is 3.03. The van der Waals surface area contributed by atoms with Gasteiger partial charge in [-0.25, -0.2) is 9.97 Å². The lowest BCUT2D eigenvalue weighted by atomic mass is 10.1. The Labute approximate surface area is 135 Å². The third-order valence-electron chi connectivity index (χ3n) is 3.03. The van der Waals surface area contributed by atoms with Gasteiger partial charge in [0.1, 0.15) is 0 Å². The molecule has 3 rings (SSSR count). The zero-order chi connectivity index (χ0) is 16.9. The number of nitrogen functional groups attached to an aromatic ring is 1. The van der Waals surface area contributed by atoms with Crippen LogP contribution in [0.5, 0.6) is 0 Å². The first-order valence-corrected chi connectivity index (χ1v) is 6.84. The Morgan fingerprint density at radius 1 is 1.00 bits per heavy atom. The van der Waals surface area contributed by atoms with E-state index in [1.54, 1.807) is 0 Å². The fourth-order valence-corrected chi connectivity index (χ4v) is 1.88. The first-order valence-electron chi connectivity index (χ1n) is 6.84. The lowest BCUT2D eigenvalue weighted by Gasteiger charge is -2.05. The average Bonchev–Trinajstić information content (AvgIpc) is 3.11. The Hall–Kier alpha value is -3.75. The smallest absolute Gasteiger partial charge is 0.292 e. The summed E-state index contributed by atoms with van der Waals surface area (Å²) in [7, 11) is 0. The van der Waals surface area contributed by atoms with Crippen LogP contribution in [0.15, 0.2) is 53.3 Å². The molecule has 0 fully saturated rings. The van der Waals surface area contributed by atoms with Crippen molar-refractivity contribution in [1.82, 2.24) is 26.0 Å². The van der Waals surface area contributed by atoms with E-state index < -0.39 is 11.8 Å². The molecule has 9 heteroatoms. The topological polar surface area (TPSA) is 136 Å². The molecule has 2 amide bonds. The summed E-state index contributed by atoms with van der Waals surface area (Å²) in [5, 5.41) is 3.67. The first kappa shape index (κ1) is 15.2. The van der Waals surface area contributed by atoms with Gasteiger partial charge in [-0.3, -0.25) is 20.4 Å². The number of hydrogen-bond acceptors (Lipinski definition) is 7. The van der Waals surface area contributed by atoms with E-state index in [0.717, 1.165) is 5.56 Å². The minimum atomic E-state index is -0.694. The molecule has 0 aliphatic carbocycles. The van der Waals surface area contributed by atoms with Crippen molar-refractivity contribution in [3.8, 4) is 11.3 Å². The molecular formula is C15H12N6O3. The number of benzene rings is 1. The quantitative estimate of drug-likeness (QED) is 0.606. The largest absolute Gasteiger partial charge is 0.382 e. The van der Waals surface area contributed by atoms with E-state index >= 15 is 0 Å². The summed E-state index contributed by atoms with van der Waals surface area (Å²) in [6, 6.07) is 10.6. The molecular weight excluding hydrogens is 312 g/mol. The number of hydrogen-bond donors (Lipinski definition) is 3. The zero-order valence-corrected chi connectivity index (χ0v) is 12.3. The van der Waals surface area contributed by atoms with Gasteiger partial charge in [0.2, 0.25) is 0 Å². The molecule has 0 atom stereocenters. The number of carbonyl (C=O) groups excluding carboxylic acids is 2. The van der Waals surface area contributed by atoms with Gasteiger partial charge in [-0.2, -0.15) is 0 Å². The van der Waals surface area contributed by atoms with Crippen LogP contribution in [-0.2, 0) is 0 Å². The van der Waals surface area contributed by atoms with Crippen molar-refractivity contribution in [1.29, 1.82) is 0 Å². The van der Waals surface area contributed by atoms with Gasteiger partial charge in [-0.1, -0.05) is 35.5 Å². The SMILES string of the molecule is Nc1nccnc1C(=O)NNC(=O)c1cc(-c2ccccc2)on1. The molecule has 0 aliphatic heterocycles. The van der Waals surface area contributed by atoms with Crippen LogP contribution in [0.25, 0.3) is 11.3 Å². The van der Waals surface area contributed by atoms with E-state index in [2.05, 4.69) is 26.0 Å². The summed E-state index contributed by atoms with van der Waals surface area (Å²) in [5.74, 6) is -0.945. The van der Waals surface area contributed by atoms with Crippen LogP contribution in [0.3, 0.4) is 0 Å². The monoisotopic (exact) mass is 324 g/mol. The van der Waals surface area contributed by atoms with E-state index in [4.69, 9.17) is 10.3 Å². The second-order valence-electron chi connectivity index (χ2n) is 4.64. The van der Waals surface area contributed by atoms with Crippen LogP contribution in [-0.4, -0.2) is 26.9 Å². The maximum absolute atomic E-state index is 12.0. The fraction of sp³-hybridized carbons (Fsp3) is 0. The molecule has 4 N–H and O–H groups in total. The predicted molar refractivity (Wildman–Crippen MR) is 83.3 cm³/mol. The lowest BCUT2D eigenvalue weighted by molar-refractivity contribution is 0.0839. The van der Waals surface area contributed by atoms with Crippen molar-refractivity contribution in [3.05, 3.63) is 60.2 Å². The van der Waals surface area contributed by atoms with Gasteiger partial charge in [0.25, 0.3) is 11.8 Å². The van der Waals surface area contributed by atoms with Gasteiger partial charge in [0, 0.05) is 24.0 Å². The number of carbonyl (C=O) groups is 2. The van der Waals surface area contributed by atoms with Crippen molar-refractivity contribution >= 4 is 17.6 Å². The summed E-state index contributed by atoms with van der Waals surface area (Å²) in [6.07, 6.45) is 2.67. The third kappa shape index (κ3) is 3.19. The Morgan fingerprint density at radius 3 is 2.46 bits per heavy atom. The second kappa shape index (κ2) is 6.57. The molecule has 0 radical (unpaired) electrons. The van der Waals surface area contributed by atoms with Crippen molar-refractivity contribution in [2.75, 3.05) is 5.73 Å². The van der Waals surface area contributed by atoms with Gasteiger partial charge in [-0.05, 0) is 0 Å². The molecule has 2 heterocycles. The highest BCUT2D eigenvalue weighted by atomic mass is 16.5. The molecule has 0 aliphatic rings. The minimum absolute atomic E-state index is 0.0151. The zero-order valence-electron chi connectivity index (χ0n) is 12.3. The summed E-state index contributed by atoms with van der Waals surface area (Å²) in [5.41, 5.74) is 10.6. The van der Waals surface area contributed by atoms with E-state index in [9.17, 15) is 9.59 Å². The fourth-order valence-electron chi connectivity index (χ4n) is 1.88. The van der Waals surface area contributed by atoms with Crippen molar-refractivity contribution in [2.45, 2.75) is 0 Å². The van der Waals surface area contributed by atoms with Gasteiger partial charge in [0.15, 0.2) is 23.0 Å². The summed E-state index contributed by atoms with van der Waals surface area (Å²) < 4.78 is 5.12. The van der Waals surface area contributed by atoms with Crippen molar-refractivity contribution < 1.29 is 14.1 Å². The standard InChI is InChI=1S/C15H12N6O3/c16-13-12(17-6-7-18-13)15(23)20-19-14(22)10-8-11(24-21-10)9-4-2-1-3-5-9/h1-8H,(H2,16,18)(H,19,22)(H,20,23). The van der Waals surface area contributed by atoms with Gasteiger partial charge < -0.3 is 10.3 Å². The Balaban J connectivity index is 1.65. The van der Waals surface area contributed by atoms with Crippen LogP contribution in [0, 0.1) is 0 Å². The lowest BCUT2D eigenvalue weighted by Crippen LogP contribution is -2.42. The molecule has 0 spiro atoms. The highest BCUT2D eigenvalue weighted by Crippen LogP contribution is 2.19. The molecule has 2 aromatic heterocycles. The summed E-state index contributed by atoms with van der Waals surface area (Å²) in [4.78, 5) is 31.4. The molecule has 0 bridgehead atoms. The van der Waals surface area contributed by atoms with Crippen molar-refractivity contribution in [3.63, 3.8) is 0 Å². The van der Waals surface area contributed by atoms with Gasteiger partial charge >= 0.3 is 0 Å². The molecule has 0 saturated heterocycles. The van der Waals surface area contributed by atoms with E-state index in [0.29, 0.717) is 5.76 Å². The molecule has 1 aromatic carbocycles. The molecule has 0 unspecified atom stereocenters. The van der Waals surface area contributed by atoms with E-state index in [-0.39, 0.29) is 17.2 Å². The van der Waals surface area contributed by atoms with Crippen LogP contribution >= 0.6 is 0 Å². The predicted octanol–water partition coefficient (Wildman–Crippen LogP) is 0.789. The molecule has 120 valence electrons. The van der Waals surface area contributed by atoms with Crippen LogP contribution in [0.4, 0.5) is 5.82 Å². The van der Waals surface area contributed by atoms with Crippen LogP contribution < -0.4 is 16.6 Å². The number of hydrazine groups is 1. The number of aromatic nitrogens is 3. The molecule has 0 saturated carbocycles. The van der Waals surface area contributed by atoms with Gasteiger partial charge in [0.05, 0.1) is 0 Å². The maximum Gasteiger partial charge on any atom is 0.292 e. The number of nitrogens with zero attached hydrogens (tertiary/aromatic N) is 3. The summed E-state index contributed by atoms with van der Waals surface area (Å²) >= 11 is 0. The Bertz CT molecular complexity index is 878. The molecule has 9 nitrogen and oxygen atoms in total. The number of anilines is 1. The number of nitrogens with two attached hydrogens (primary N) is 1. The van der Waals surface area contributed by atoms with Crippen LogP contribution in [0.2, 0.25) is 0 Å². The second-order valence-corrected chi connectivity index (χ2v) is 4.64. The van der Waals surface area contributed by atoms with E-state index in [1.165, 1.54) is 18.5 Å². The van der Waals surface area contributed by atoms with E-state index in [1.807, 2.05) is 30.3 Å². The average molecular weight is 324 g/mol. The number of amides is 2. The molecule has 3 aromatic rings. The number of nitrogens with one attached hydrogen (secondary N) is 2. The van der Waals surface area contributed by atoms with Gasteiger partial charge in [-0.15, -0.1) is 0 Å². The number of rotatable bonds is 3. The first-order chi connectivity index (χ1) is 11.6.